The van der Waals surface area contributed by atoms with Crippen molar-refractivity contribution in [2.24, 2.45) is 0 Å². The molecule has 0 aliphatic heterocycles. The lowest BCUT2D eigenvalue weighted by atomic mass is 9.77. The van der Waals surface area contributed by atoms with Crippen LogP contribution in [0.1, 0.15) is 33.7 Å². The number of benzene rings is 2. The summed E-state index contributed by atoms with van der Waals surface area (Å²) in [5, 5.41) is 3.63. The molecule has 0 saturated carbocycles. The SMILES string of the molecule is Cc1cccc(C)c1CNCC1Cc2ccccc21. The Bertz CT molecular complexity index is 566. The fourth-order valence-corrected chi connectivity index (χ4v) is 3.04. The number of fused-ring (bicyclic) bond motifs is 1. The third-order valence-electron chi connectivity index (χ3n) is 4.30. The maximum Gasteiger partial charge on any atom is 0.0211 e. The van der Waals surface area contributed by atoms with Crippen molar-refractivity contribution in [3.8, 4) is 0 Å². The lowest BCUT2D eigenvalue weighted by molar-refractivity contribution is 0.534. The second kappa shape index (κ2) is 5.18. The summed E-state index contributed by atoms with van der Waals surface area (Å²) in [6, 6.07) is 15.3. The van der Waals surface area contributed by atoms with Crippen LogP contribution in [0.3, 0.4) is 0 Å². The Morgan fingerprint density at radius 2 is 1.74 bits per heavy atom. The van der Waals surface area contributed by atoms with Crippen LogP contribution in [0.5, 0.6) is 0 Å². The third kappa shape index (κ3) is 2.43. The van der Waals surface area contributed by atoms with E-state index in [-0.39, 0.29) is 0 Å². The summed E-state index contributed by atoms with van der Waals surface area (Å²) in [5.41, 5.74) is 7.30. The van der Waals surface area contributed by atoms with Gasteiger partial charge in [0.05, 0.1) is 0 Å². The second-order valence-corrected chi connectivity index (χ2v) is 5.60. The summed E-state index contributed by atoms with van der Waals surface area (Å²) in [6.45, 7) is 6.47. The van der Waals surface area contributed by atoms with E-state index in [4.69, 9.17) is 0 Å². The first-order valence-corrected chi connectivity index (χ1v) is 7.09. The van der Waals surface area contributed by atoms with Gasteiger partial charge in [-0.05, 0) is 48.1 Å². The van der Waals surface area contributed by atoms with Gasteiger partial charge in [-0.15, -0.1) is 0 Å². The van der Waals surface area contributed by atoms with Gasteiger partial charge in [0.1, 0.15) is 0 Å². The molecule has 0 spiro atoms. The van der Waals surface area contributed by atoms with Crippen LogP contribution >= 0.6 is 0 Å². The highest BCUT2D eigenvalue weighted by molar-refractivity contribution is 5.40. The highest BCUT2D eigenvalue weighted by Gasteiger charge is 2.24. The Morgan fingerprint density at radius 3 is 2.47 bits per heavy atom. The largest absolute Gasteiger partial charge is 0.312 e. The van der Waals surface area contributed by atoms with Gasteiger partial charge in [0.2, 0.25) is 0 Å². The standard InChI is InChI=1S/C18H21N/c1-13-6-5-7-14(2)18(13)12-19-11-16-10-15-8-3-4-9-17(15)16/h3-9,16,19H,10-12H2,1-2H3. The predicted molar refractivity (Wildman–Crippen MR) is 80.5 cm³/mol. The average molecular weight is 251 g/mol. The molecule has 0 bridgehead atoms. The number of hydrogen-bond acceptors (Lipinski definition) is 1. The van der Waals surface area contributed by atoms with Gasteiger partial charge in [-0.2, -0.15) is 0 Å². The van der Waals surface area contributed by atoms with Crippen molar-refractivity contribution >= 4 is 0 Å². The third-order valence-corrected chi connectivity index (χ3v) is 4.30. The van der Waals surface area contributed by atoms with Crippen LogP contribution in [-0.2, 0) is 13.0 Å². The lowest BCUT2D eigenvalue weighted by Crippen LogP contribution is -2.29. The number of nitrogens with one attached hydrogen (secondary N) is 1. The quantitative estimate of drug-likeness (QED) is 0.873. The molecule has 2 aromatic carbocycles. The van der Waals surface area contributed by atoms with Crippen molar-refractivity contribution in [2.45, 2.75) is 32.7 Å². The molecule has 1 aliphatic carbocycles. The van der Waals surface area contributed by atoms with E-state index in [1.807, 2.05) is 0 Å². The van der Waals surface area contributed by atoms with Crippen LogP contribution in [0.15, 0.2) is 42.5 Å². The van der Waals surface area contributed by atoms with Gasteiger partial charge < -0.3 is 5.32 Å². The number of rotatable bonds is 4. The fourth-order valence-electron chi connectivity index (χ4n) is 3.04. The molecule has 0 fully saturated rings. The summed E-state index contributed by atoms with van der Waals surface area (Å²) < 4.78 is 0. The van der Waals surface area contributed by atoms with Gasteiger partial charge in [-0.25, -0.2) is 0 Å². The van der Waals surface area contributed by atoms with Gasteiger partial charge in [0.15, 0.2) is 0 Å². The van der Waals surface area contributed by atoms with Crippen molar-refractivity contribution in [1.82, 2.24) is 5.32 Å². The molecule has 1 unspecified atom stereocenters. The van der Waals surface area contributed by atoms with Crippen molar-refractivity contribution in [3.63, 3.8) is 0 Å². The van der Waals surface area contributed by atoms with E-state index >= 15 is 0 Å². The Kier molecular flexibility index (Phi) is 3.39. The Balaban J connectivity index is 1.58. The van der Waals surface area contributed by atoms with E-state index in [1.165, 1.54) is 34.2 Å². The zero-order valence-electron chi connectivity index (χ0n) is 11.7. The van der Waals surface area contributed by atoms with Crippen molar-refractivity contribution in [1.29, 1.82) is 0 Å². The molecule has 0 radical (unpaired) electrons. The van der Waals surface area contributed by atoms with Crippen molar-refractivity contribution in [3.05, 3.63) is 70.3 Å². The minimum absolute atomic E-state index is 0.709. The van der Waals surface area contributed by atoms with Gasteiger partial charge in [-0.1, -0.05) is 42.5 Å². The molecule has 0 heterocycles. The first kappa shape index (κ1) is 12.4. The minimum atomic E-state index is 0.709. The predicted octanol–water partition coefficient (Wildman–Crippen LogP) is 3.73. The van der Waals surface area contributed by atoms with E-state index in [0.717, 1.165) is 13.1 Å². The Morgan fingerprint density at radius 1 is 1.00 bits per heavy atom. The molecule has 0 saturated heterocycles. The van der Waals surface area contributed by atoms with Crippen LogP contribution < -0.4 is 5.32 Å². The normalized spacial score (nSPS) is 16.8. The summed E-state index contributed by atoms with van der Waals surface area (Å²) in [4.78, 5) is 0. The molecule has 1 heteroatoms. The van der Waals surface area contributed by atoms with Gasteiger partial charge >= 0.3 is 0 Å². The first-order chi connectivity index (χ1) is 9.25. The molecule has 1 aliphatic rings. The maximum absolute atomic E-state index is 3.63. The minimum Gasteiger partial charge on any atom is -0.312 e. The molecule has 0 aromatic heterocycles. The van der Waals surface area contributed by atoms with Crippen LogP contribution in [0.2, 0.25) is 0 Å². The van der Waals surface area contributed by atoms with Crippen molar-refractivity contribution < 1.29 is 0 Å². The summed E-state index contributed by atoms with van der Waals surface area (Å²) >= 11 is 0. The van der Waals surface area contributed by atoms with Crippen LogP contribution in [-0.4, -0.2) is 6.54 Å². The molecule has 98 valence electrons. The molecule has 2 aromatic rings. The molecular weight excluding hydrogens is 230 g/mol. The average Bonchev–Trinajstić information content (AvgIpc) is 2.38. The van der Waals surface area contributed by atoms with E-state index < -0.39 is 0 Å². The van der Waals surface area contributed by atoms with Crippen LogP contribution in [0.4, 0.5) is 0 Å². The van der Waals surface area contributed by atoms with E-state index in [1.54, 1.807) is 0 Å². The second-order valence-electron chi connectivity index (χ2n) is 5.60. The highest BCUT2D eigenvalue weighted by atomic mass is 14.9. The molecule has 1 N–H and O–H groups in total. The molecular formula is C18H21N. The number of aryl methyl sites for hydroxylation is 2. The summed E-state index contributed by atoms with van der Waals surface area (Å²) in [6.07, 6.45) is 1.23. The van der Waals surface area contributed by atoms with E-state index in [9.17, 15) is 0 Å². The Labute approximate surface area is 115 Å². The summed E-state index contributed by atoms with van der Waals surface area (Å²) in [7, 11) is 0. The maximum atomic E-state index is 3.63. The van der Waals surface area contributed by atoms with Gasteiger partial charge in [0.25, 0.3) is 0 Å². The highest BCUT2D eigenvalue weighted by Crippen LogP contribution is 2.34. The van der Waals surface area contributed by atoms with E-state index in [0.29, 0.717) is 5.92 Å². The molecule has 3 rings (SSSR count). The van der Waals surface area contributed by atoms with Gasteiger partial charge in [0, 0.05) is 19.0 Å². The van der Waals surface area contributed by atoms with Crippen LogP contribution in [0.25, 0.3) is 0 Å². The van der Waals surface area contributed by atoms with E-state index in [2.05, 4.69) is 61.6 Å². The lowest BCUT2D eigenvalue weighted by Gasteiger charge is -2.30. The molecule has 1 nitrogen and oxygen atoms in total. The first-order valence-electron chi connectivity index (χ1n) is 7.09. The molecule has 1 atom stereocenters. The fraction of sp³-hybridized carbons (Fsp3) is 0.333. The zero-order chi connectivity index (χ0) is 13.2. The monoisotopic (exact) mass is 251 g/mol. The molecule has 0 amide bonds. The topological polar surface area (TPSA) is 12.0 Å². The number of hydrogen-bond donors (Lipinski definition) is 1. The Hall–Kier alpha value is -1.60. The summed E-state index contributed by atoms with van der Waals surface area (Å²) in [5.74, 6) is 0.709. The molecule has 19 heavy (non-hydrogen) atoms. The van der Waals surface area contributed by atoms with Crippen molar-refractivity contribution in [2.75, 3.05) is 6.54 Å². The van der Waals surface area contributed by atoms with Gasteiger partial charge in [-0.3, -0.25) is 0 Å². The van der Waals surface area contributed by atoms with Crippen LogP contribution in [0, 0.1) is 13.8 Å². The zero-order valence-corrected chi connectivity index (χ0v) is 11.7. The smallest absolute Gasteiger partial charge is 0.0211 e.